The van der Waals surface area contributed by atoms with Crippen molar-refractivity contribution in [3.8, 4) is 11.1 Å². The van der Waals surface area contributed by atoms with Gasteiger partial charge in [-0.3, -0.25) is 9.78 Å². The predicted molar refractivity (Wildman–Crippen MR) is 91.1 cm³/mol. The number of aliphatic carboxylic acids is 1. The van der Waals surface area contributed by atoms with Crippen molar-refractivity contribution < 1.29 is 23.1 Å². The Balaban J connectivity index is 2.76. The molecule has 1 aromatic carbocycles. The maximum Gasteiger partial charge on any atom is 0.418 e. The molecule has 0 aliphatic heterocycles. The number of alkyl halides is 3. The molecule has 0 spiro atoms. The zero-order valence-corrected chi connectivity index (χ0v) is 15.5. The lowest BCUT2D eigenvalue weighted by Gasteiger charge is -2.16. The van der Waals surface area contributed by atoms with E-state index in [1.807, 2.05) is 0 Å². The minimum Gasteiger partial charge on any atom is -0.481 e. The fourth-order valence-corrected chi connectivity index (χ4v) is 3.37. The maximum atomic E-state index is 13.2. The van der Waals surface area contributed by atoms with Crippen LogP contribution in [0.1, 0.15) is 11.3 Å². The number of aromatic nitrogens is 1. The summed E-state index contributed by atoms with van der Waals surface area (Å²) in [6, 6.07) is 0.679. The van der Waals surface area contributed by atoms with E-state index in [4.69, 9.17) is 63.1 Å². The van der Waals surface area contributed by atoms with E-state index in [1.54, 1.807) is 0 Å². The number of pyridine rings is 1. The highest BCUT2D eigenvalue weighted by atomic mass is 35.5. The summed E-state index contributed by atoms with van der Waals surface area (Å²) in [6.07, 6.45) is -4.74. The summed E-state index contributed by atoms with van der Waals surface area (Å²) in [5.74, 6) is -1.46. The molecule has 0 atom stereocenters. The van der Waals surface area contributed by atoms with Crippen LogP contribution in [-0.2, 0) is 17.4 Å². The fourth-order valence-electron chi connectivity index (χ4n) is 2.02. The summed E-state index contributed by atoms with van der Waals surface area (Å²) in [7, 11) is 0. The molecule has 0 amide bonds. The third-order valence-electron chi connectivity index (χ3n) is 3.09. The average Bonchev–Trinajstić information content (AvgIpc) is 2.51. The normalized spacial score (nSPS) is 11.7. The van der Waals surface area contributed by atoms with Gasteiger partial charge in [0.1, 0.15) is 0 Å². The average molecular weight is 453 g/mol. The standard InChI is InChI=1S/C14H5Cl5F3NO2/c15-9-8(10(16)12(18)13(19)11(9)17)4-1-5(14(20,21)22)6(23-3-4)2-7(24)25/h1,3H,2H2,(H,24,25). The quantitative estimate of drug-likeness (QED) is 0.418. The Morgan fingerprint density at radius 1 is 1.00 bits per heavy atom. The number of hydrogen-bond donors (Lipinski definition) is 1. The highest BCUT2D eigenvalue weighted by Gasteiger charge is 2.35. The van der Waals surface area contributed by atoms with Crippen LogP contribution in [0.5, 0.6) is 0 Å². The first kappa shape index (κ1) is 20.4. The molecular weight excluding hydrogens is 448 g/mol. The fraction of sp³-hybridized carbons (Fsp3) is 0.143. The molecule has 1 aromatic heterocycles. The van der Waals surface area contributed by atoms with Gasteiger partial charge in [-0.2, -0.15) is 13.2 Å². The number of halogens is 8. The van der Waals surface area contributed by atoms with E-state index in [-0.39, 0.29) is 36.2 Å². The summed E-state index contributed by atoms with van der Waals surface area (Å²) >= 11 is 29.7. The molecule has 0 saturated heterocycles. The lowest BCUT2D eigenvalue weighted by atomic mass is 10.0. The molecule has 0 bridgehead atoms. The Bertz CT molecular complexity index is 842. The second-order valence-electron chi connectivity index (χ2n) is 4.73. The molecule has 25 heavy (non-hydrogen) atoms. The molecule has 0 aliphatic rings. The van der Waals surface area contributed by atoms with Crippen LogP contribution in [0, 0.1) is 0 Å². The van der Waals surface area contributed by atoms with Gasteiger partial charge in [0.05, 0.1) is 42.8 Å². The van der Waals surface area contributed by atoms with E-state index in [9.17, 15) is 18.0 Å². The molecule has 3 nitrogen and oxygen atoms in total. The van der Waals surface area contributed by atoms with Crippen molar-refractivity contribution in [1.82, 2.24) is 4.98 Å². The molecule has 1 N–H and O–H groups in total. The highest BCUT2D eigenvalue weighted by Crippen LogP contribution is 2.48. The van der Waals surface area contributed by atoms with Gasteiger partial charge in [0.25, 0.3) is 0 Å². The summed E-state index contributed by atoms with van der Waals surface area (Å²) in [6.45, 7) is 0. The van der Waals surface area contributed by atoms with E-state index in [0.29, 0.717) is 6.07 Å². The van der Waals surface area contributed by atoms with Crippen LogP contribution < -0.4 is 0 Å². The molecule has 2 rings (SSSR count). The lowest BCUT2D eigenvalue weighted by molar-refractivity contribution is -0.140. The van der Waals surface area contributed by atoms with E-state index in [2.05, 4.69) is 4.98 Å². The molecule has 11 heteroatoms. The smallest absolute Gasteiger partial charge is 0.418 e. The van der Waals surface area contributed by atoms with Gasteiger partial charge in [0.2, 0.25) is 0 Å². The number of carboxylic acid groups (broad SMARTS) is 1. The Hall–Kier alpha value is -0.920. The molecule has 134 valence electrons. The number of carbonyl (C=O) groups is 1. The molecule has 0 aliphatic carbocycles. The van der Waals surface area contributed by atoms with Crippen LogP contribution in [-0.4, -0.2) is 16.1 Å². The Morgan fingerprint density at radius 2 is 1.48 bits per heavy atom. The summed E-state index contributed by atoms with van der Waals surface area (Å²) < 4.78 is 39.7. The number of hydrogen-bond acceptors (Lipinski definition) is 2. The van der Waals surface area contributed by atoms with Gasteiger partial charge in [-0.15, -0.1) is 0 Å². The first-order valence-corrected chi connectivity index (χ1v) is 8.13. The molecule has 1 heterocycles. The topological polar surface area (TPSA) is 50.2 Å². The van der Waals surface area contributed by atoms with Gasteiger partial charge in [-0.25, -0.2) is 0 Å². The molecule has 2 aromatic rings. The van der Waals surface area contributed by atoms with E-state index in [0.717, 1.165) is 6.20 Å². The number of benzene rings is 1. The second kappa shape index (κ2) is 7.37. The number of nitrogens with zero attached hydrogens (tertiary/aromatic N) is 1. The Morgan fingerprint density at radius 3 is 1.92 bits per heavy atom. The monoisotopic (exact) mass is 451 g/mol. The van der Waals surface area contributed by atoms with Crippen LogP contribution in [0.15, 0.2) is 12.3 Å². The van der Waals surface area contributed by atoms with Crippen molar-refractivity contribution in [3.05, 3.63) is 48.6 Å². The van der Waals surface area contributed by atoms with Crippen LogP contribution in [0.25, 0.3) is 11.1 Å². The zero-order chi connectivity index (χ0) is 19.1. The van der Waals surface area contributed by atoms with Gasteiger partial charge in [-0.1, -0.05) is 58.0 Å². The first-order valence-electron chi connectivity index (χ1n) is 6.24. The molecule has 0 unspecified atom stereocenters. The van der Waals surface area contributed by atoms with Crippen molar-refractivity contribution >= 4 is 64.0 Å². The van der Waals surface area contributed by atoms with Crippen LogP contribution in [0.4, 0.5) is 13.2 Å². The third kappa shape index (κ3) is 4.09. The van der Waals surface area contributed by atoms with E-state index >= 15 is 0 Å². The van der Waals surface area contributed by atoms with E-state index < -0.39 is 29.8 Å². The number of carboxylic acids is 1. The van der Waals surface area contributed by atoms with Crippen molar-refractivity contribution in [1.29, 1.82) is 0 Å². The largest absolute Gasteiger partial charge is 0.481 e. The molecule has 0 radical (unpaired) electrons. The van der Waals surface area contributed by atoms with Gasteiger partial charge < -0.3 is 5.11 Å². The van der Waals surface area contributed by atoms with Crippen LogP contribution in [0.3, 0.4) is 0 Å². The van der Waals surface area contributed by atoms with Crippen molar-refractivity contribution in [3.63, 3.8) is 0 Å². The minimum absolute atomic E-state index is 0.0948. The van der Waals surface area contributed by atoms with Crippen LogP contribution in [0.2, 0.25) is 25.1 Å². The van der Waals surface area contributed by atoms with Gasteiger partial charge in [0.15, 0.2) is 0 Å². The van der Waals surface area contributed by atoms with Crippen molar-refractivity contribution in [2.45, 2.75) is 12.6 Å². The van der Waals surface area contributed by atoms with Gasteiger partial charge >= 0.3 is 12.1 Å². The minimum atomic E-state index is -4.84. The summed E-state index contributed by atoms with van der Waals surface area (Å²) in [4.78, 5) is 14.3. The molecular formula is C14H5Cl5F3NO2. The van der Waals surface area contributed by atoms with Crippen LogP contribution >= 0.6 is 58.0 Å². The first-order chi connectivity index (χ1) is 11.4. The zero-order valence-electron chi connectivity index (χ0n) is 11.7. The van der Waals surface area contributed by atoms with Crippen molar-refractivity contribution in [2.75, 3.05) is 0 Å². The summed E-state index contributed by atoms with van der Waals surface area (Å²) in [5.41, 5.74) is -2.12. The third-order valence-corrected chi connectivity index (χ3v) is 5.37. The van der Waals surface area contributed by atoms with Gasteiger partial charge in [-0.05, 0) is 6.07 Å². The number of rotatable bonds is 3. The molecule has 0 fully saturated rings. The van der Waals surface area contributed by atoms with Gasteiger partial charge in [0, 0.05) is 17.3 Å². The Labute approximate surface area is 164 Å². The molecule has 0 saturated carbocycles. The lowest BCUT2D eigenvalue weighted by Crippen LogP contribution is -2.14. The highest BCUT2D eigenvalue weighted by molar-refractivity contribution is 6.56. The second-order valence-corrected chi connectivity index (χ2v) is 6.62. The summed E-state index contributed by atoms with van der Waals surface area (Å²) in [5, 5.41) is 7.81. The SMILES string of the molecule is O=C(O)Cc1ncc(-c2c(Cl)c(Cl)c(Cl)c(Cl)c2Cl)cc1C(F)(F)F. The predicted octanol–water partition coefficient (Wildman–Crippen LogP) is 6.66. The van der Waals surface area contributed by atoms with E-state index in [1.165, 1.54) is 0 Å². The van der Waals surface area contributed by atoms with Crippen molar-refractivity contribution in [2.24, 2.45) is 0 Å². The maximum absolute atomic E-state index is 13.2. The Kier molecular flexibility index (Phi) is 6.01.